The van der Waals surface area contributed by atoms with Crippen LogP contribution in [0.1, 0.15) is 18.9 Å². The topological polar surface area (TPSA) is 68.1 Å². The summed E-state index contributed by atoms with van der Waals surface area (Å²) in [6.07, 6.45) is 1.13. The molecular weight excluding hydrogens is 362 g/mol. The number of hydrogen-bond acceptors (Lipinski definition) is 4. The third-order valence-corrected chi connectivity index (χ3v) is 6.57. The van der Waals surface area contributed by atoms with E-state index in [1.54, 1.807) is 10.7 Å². The van der Waals surface area contributed by atoms with Gasteiger partial charge in [-0.05, 0) is 49.2 Å². The number of rotatable bonds is 3. The van der Waals surface area contributed by atoms with E-state index in [0.29, 0.717) is 31.4 Å². The summed E-state index contributed by atoms with van der Waals surface area (Å²) in [6.45, 7) is 0.653. The molecule has 0 saturated carbocycles. The Morgan fingerprint density at radius 3 is 2.31 bits per heavy atom. The lowest BCUT2D eigenvalue weighted by molar-refractivity contribution is 0.263. The number of aromatic nitrogens is 3. The first-order valence-corrected chi connectivity index (χ1v) is 9.65. The molecule has 2 heterocycles. The molecule has 0 aliphatic carbocycles. The Hall–Kier alpha value is -2.39. The molecule has 0 bridgehead atoms. The number of sulfonamides is 1. The van der Waals surface area contributed by atoms with Crippen molar-refractivity contribution in [2.75, 3.05) is 13.1 Å². The normalized spacial score (nSPS) is 17.0. The predicted octanol–water partition coefficient (Wildman–Crippen LogP) is 2.74. The highest BCUT2D eigenvalue weighted by molar-refractivity contribution is 7.89. The summed E-state index contributed by atoms with van der Waals surface area (Å²) < 4.78 is 54.8. The number of benzene rings is 2. The molecule has 0 amide bonds. The highest BCUT2D eigenvalue weighted by Crippen LogP contribution is 2.28. The van der Waals surface area contributed by atoms with Gasteiger partial charge in [0.15, 0.2) is 0 Å². The van der Waals surface area contributed by atoms with Gasteiger partial charge in [0.1, 0.15) is 17.2 Å². The van der Waals surface area contributed by atoms with Crippen LogP contribution in [0.25, 0.3) is 11.0 Å². The van der Waals surface area contributed by atoms with Crippen LogP contribution in [-0.4, -0.2) is 40.8 Å². The van der Waals surface area contributed by atoms with E-state index in [4.69, 9.17) is 0 Å². The minimum absolute atomic E-state index is 0.00914. The Balaban J connectivity index is 1.52. The van der Waals surface area contributed by atoms with Crippen LogP contribution in [0.2, 0.25) is 0 Å². The van der Waals surface area contributed by atoms with E-state index in [2.05, 4.69) is 10.3 Å². The Kier molecular flexibility index (Phi) is 4.20. The minimum Gasteiger partial charge on any atom is -0.241 e. The molecule has 1 aliphatic heterocycles. The van der Waals surface area contributed by atoms with Gasteiger partial charge in [-0.2, -0.15) is 4.31 Å². The van der Waals surface area contributed by atoms with Crippen molar-refractivity contribution in [1.82, 2.24) is 19.3 Å². The summed E-state index contributed by atoms with van der Waals surface area (Å²) in [5.74, 6) is -0.845. The third-order valence-electron chi connectivity index (χ3n) is 4.65. The van der Waals surface area contributed by atoms with Crippen molar-refractivity contribution in [3.63, 3.8) is 0 Å². The molecule has 1 fully saturated rings. The molecule has 1 aromatic heterocycles. The zero-order valence-electron chi connectivity index (χ0n) is 13.7. The Morgan fingerprint density at radius 1 is 0.962 bits per heavy atom. The van der Waals surface area contributed by atoms with Crippen LogP contribution in [0.4, 0.5) is 8.78 Å². The molecule has 2 aromatic carbocycles. The number of hydrogen-bond donors (Lipinski definition) is 0. The van der Waals surface area contributed by atoms with Crippen LogP contribution < -0.4 is 0 Å². The molecule has 6 nitrogen and oxygen atoms in total. The van der Waals surface area contributed by atoms with E-state index in [9.17, 15) is 17.2 Å². The Labute approximate surface area is 149 Å². The average molecular weight is 378 g/mol. The Morgan fingerprint density at radius 2 is 1.62 bits per heavy atom. The number of halogens is 2. The maximum atomic E-state index is 13.3. The van der Waals surface area contributed by atoms with Gasteiger partial charge in [-0.1, -0.05) is 5.21 Å². The molecule has 1 saturated heterocycles. The second-order valence-electron chi connectivity index (χ2n) is 6.26. The molecule has 0 unspecified atom stereocenters. The molecule has 4 rings (SSSR count). The van der Waals surface area contributed by atoms with Crippen LogP contribution >= 0.6 is 0 Å². The van der Waals surface area contributed by atoms with Crippen LogP contribution in [0.5, 0.6) is 0 Å². The van der Waals surface area contributed by atoms with Crippen molar-refractivity contribution in [3.8, 4) is 0 Å². The van der Waals surface area contributed by atoms with Crippen molar-refractivity contribution < 1.29 is 17.2 Å². The SMILES string of the molecule is O=S(=O)(c1ccc(F)cc1)N1CCC(n2nnc3cc(F)ccc32)CC1. The number of nitrogens with zero attached hydrogens (tertiary/aromatic N) is 4. The van der Waals surface area contributed by atoms with E-state index in [0.717, 1.165) is 17.6 Å². The first-order chi connectivity index (χ1) is 12.4. The predicted molar refractivity (Wildman–Crippen MR) is 90.9 cm³/mol. The van der Waals surface area contributed by atoms with Gasteiger partial charge in [-0.25, -0.2) is 21.9 Å². The number of piperidine rings is 1. The summed E-state index contributed by atoms with van der Waals surface area (Å²) >= 11 is 0. The summed E-state index contributed by atoms with van der Waals surface area (Å²) in [5, 5.41) is 8.09. The molecule has 3 aromatic rings. The molecule has 1 aliphatic rings. The Bertz CT molecular complexity index is 1040. The lowest BCUT2D eigenvalue weighted by Gasteiger charge is -2.31. The van der Waals surface area contributed by atoms with Crippen molar-refractivity contribution >= 4 is 21.1 Å². The van der Waals surface area contributed by atoms with E-state index < -0.39 is 15.8 Å². The zero-order valence-corrected chi connectivity index (χ0v) is 14.5. The van der Waals surface area contributed by atoms with Crippen molar-refractivity contribution in [2.45, 2.75) is 23.8 Å². The van der Waals surface area contributed by atoms with Gasteiger partial charge in [0, 0.05) is 19.2 Å². The third kappa shape index (κ3) is 2.97. The molecule has 0 radical (unpaired) electrons. The first kappa shape index (κ1) is 17.0. The van der Waals surface area contributed by atoms with Gasteiger partial charge in [0.2, 0.25) is 10.0 Å². The van der Waals surface area contributed by atoms with Gasteiger partial charge in [0.05, 0.1) is 16.5 Å². The van der Waals surface area contributed by atoms with E-state index in [1.165, 1.54) is 28.6 Å². The molecule has 136 valence electrons. The standard InChI is InChI=1S/C17H16F2N4O2S/c18-12-1-4-15(5-2-12)26(24,25)22-9-7-14(8-10-22)23-17-6-3-13(19)11-16(17)20-21-23/h1-6,11,14H,7-10H2. The second kappa shape index (κ2) is 6.40. The van der Waals surface area contributed by atoms with Crippen LogP contribution in [-0.2, 0) is 10.0 Å². The van der Waals surface area contributed by atoms with E-state index >= 15 is 0 Å². The van der Waals surface area contributed by atoms with Crippen molar-refractivity contribution in [2.24, 2.45) is 0 Å². The van der Waals surface area contributed by atoms with Crippen LogP contribution in [0.3, 0.4) is 0 Å². The molecule has 26 heavy (non-hydrogen) atoms. The largest absolute Gasteiger partial charge is 0.243 e. The smallest absolute Gasteiger partial charge is 0.241 e. The highest BCUT2D eigenvalue weighted by atomic mass is 32.2. The van der Waals surface area contributed by atoms with Gasteiger partial charge in [-0.3, -0.25) is 0 Å². The average Bonchev–Trinajstić information content (AvgIpc) is 3.05. The molecule has 0 atom stereocenters. The fourth-order valence-corrected chi connectivity index (χ4v) is 4.74. The zero-order chi connectivity index (χ0) is 18.3. The summed E-state index contributed by atoms with van der Waals surface area (Å²) in [6, 6.07) is 9.13. The van der Waals surface area contributed by atoms with Crippen molar-refractivity contribution in [3.05, 3.63) is 54.1 Å². The van der Waals surface area contributed by atoms with Crippen LogP contribution in [0, 0.1) is 11.6 Å². The lowest BCUT2D eigenvalue weighted by atomic mass is 10.1. The van der Waals surface area contributed by atoms with Gasteiger partial charge in [-0.15, -0.1) is 5.10 Å². The first-order valence-electron chi connectivity index (χ1n) is 8.21. The molecule has 0 spiro atoms. The summed E-state index contributed by atoms with van der Waals surface area (Å²) in [7, 11) is -3.65. The molecule has 9 heteroatoms. The molecule has 0 N–H and O–H groups in total. The van der Waals surface area contributed by atoms with Gasteiger partial charge < -0.3 is 0 Å². The fraction of sp³-hybridized carbons (Fsp3) is 0.294. The fourth-order valence-electron chi connectivity index (χ4n) is 3.27. The maximum absolute atomic E-state index is 13.3. The van der Waals surface area contributed by atoms with Gasteiger partial charge in [0.25, 0.3) is 0 Å². The van der Waals surface area contributed by atoms with Gasteiger partial charge >= 0.3 is 0 Å². The molecular formula is C17H16F2N4O2S. The number of fused-ring (bicyclic) bond motifs is 1. The second-order valence-corrected chi connectivity index (χ2v) is 8.19. The maximum Gasteiger partial charge on any atom is 0.243 e. The monoisotopic (exact) mass is 378 g/mol. The quantitative estimate of drug-likeness (QED) is 0.703. The highest BCUT2D eigenvalue weighted by Gasteiger charge is 2.31. The van der Waals surface area contributed by atoms with Crippen molar-refractivity contribution in [1.29, 1.82) is 0 Å². The minimum atomic E-state index is -3.65. The summed E-state index contributed by atoms with van der Waals surface area (Å²) in [5.41, 5.74) is 1.21. The van der Waals surface area contributed by atoms with E-state index in [1.807, 2.05) is 0 Å². The van der Waals surface area contributed by atoms with Crippen LogP contribution in [0.15, 0.2) is 47.4 Å². The summed E-state index contributed by atoms with van der Waals surface area (Å²) in [4.78, 5) is 0.0824. The van der Waals surface area contributed by atoms with E-state index in [-0.39, 0.29) is 16.8 Å². The lowest BCUT2D eigenvalue weighted by Crippen LogP contribution is -2.39.